The molecule has 0 atom stereocenters. The highest BCUT2D eigenvalue weighted by molar-refractivity contribution is 5.96. The van der Waals surface area contributed by atoms with Crippen molar-refractivity contribution in [2.45, 2.75) is 102 Å². The lowest BCUT2D eigenvalue weighted by Gasteiger charge is -2.19. The SMILES string of the molecule is O=C(/C=C/C(=O)NCC(c1ccccc1)c1ccccc1)NCCCCCCCCCCCCNC(=O)CCCCC(=O)NCC(c1ccccc1)c1ccccc1. The van der Waals surface area contributed by atoms with Crippen LogP contribution >= 0.6 is 0 Å². The molecular weight excluding hydrogens is 721 g/mol. The van der Waals surface area contributed by atoms with E-state index in [9.17, 15) is 19.2 Å². The smallest absolute Gasteiger partial charge is 0.244 e. The van der Waals surface area contributed by atoms with Crippen LogP contribution in [0.2, 0.25) is 0 Å². The summed E-state index contributed by atoms with van der Waals surface area (Å²) in [6.07, 6.45) is 16.2. The highest BCUT2D eigenvalue weighted by Gasteiger charge is 2.16. The third-order valence-corrected chi connectivity index (χ3v) is 10.5. The van der Waals surface area contributed by atoms with Gasteiger partial charge in [-0.15, -0.1) is 0 Å². The standard InChI is InChI=1S/C50H64N4O4/c55-47(33-21-22-34-48(56)53-39-45(41-25-13-9-14-26-41)42-27-15-10-16-28-42)51-37-23-7-5-3-1-2-4-6-8-24-38-52-49(57)35-36-50(58)54-40-46(43-29-17-11-18-30-43)44-31-19-12-20-32-44/h9-20,25-32,35-36,45-46H,1-8,21-24,33-34,37-40H2,(H,51,55)(H,52,57)(H,53,56)(H,54,58)/b36-35+. The number of carbonyl (C=O) groups is 4. The number of hydrogen-bond donors (Lipinski definition) is 4. The van der Waals surface area contributed by atoms with E-state index < -0.39 is 0 Å². The van der Waals surface area contributed by atoms with E-state index in [0.29, 0.717) is 51.9 Å². The van der Waals surface area contributed by atoms with E-state index in [4.69, 9.17) is 0 Å². The topological polar surface area (TPSA) is 116 Å². The van der Waals surface area contributed by atoms with Crippen molar-refractivity contribution < 1.29 is 19.2 Å². The van der Waals surface area contributed by atoms with Crippen molar-refractivity contribution in [3.8, 4) is 0 Å². The van der Waals surface area contributed by atoms with Crippen LogP contribution in [0.3, 0.4) is 0 Å². The molecule has 4 N–H and O–H groups in total. The van der Waals surface area contributed by atoms with Crippen LogP contribution in [0, 0.1) is 0 Å². The van der Waals surface area contributed by atoms with Gasteiger partial charge in [0.25, 0.3) is 0 Å². The Morgan fingerprint density at radius 1 is 0.362 bits per heavy atom. The molecule has 0 unspecified atom stereocenters. The van der Waals surface area contributed by atoms with Crippen LogP contribution in [0.25, 0.3) is 0 Å². The van der Waals surface area contributed by atoms with Gasteiger partial charge in [-0.25, -0.2) is 0 Å². The van der Waals surface area contributed by atoms with E-state index in [1.807, 2.05) is 72.8 Å². The molecule has 8 heteroatoms. The molecular formula is C50H64N4O4. The number of unbranched alkanes of at least 4 members (excludes halogenated alkanes) is 10. The Morgan fingerprint density at radius 3 is 1.07 bits per heavy atom. The second-order valence-corrected chi connectivity index (χ2v) is 15.0. The first kappa shape index (κ1) is 45.2. The van der Waals surface area contributed by atoms with Gasteiger partial charge < -0.3 is 21.3 Å². The van der Waals surface area contributed by atoms with Gasteiger partial charge in [0.05, 0.1) is 0 Å². The quantitative estimate of drug-likeness (QED) is 0.0340. The lowest BCUT2D eigenvalue weighted by atomic mass is 9.91. The van der Waals surface area contributed by atoms with Gasteiger partial charge in [-0.2, -0.15) is 0 Å². The third kappa shape index (κ3) is 18.6. The molecule has 0 radical (unpaired) electrons. The average Bonchev–Trinajstić information content (AvgIpc) is 3.26. The van der Waals surface area contributed by atoms with E-state index >= 15 is 0 Å². The predicted octanol–water partition coefficient (Wildman–Crippen LogP) is 9.13. The van der Waals surface area contributed by atoms with Gasteiger partial charge in [-0.3, -0.25) is 19.2 Å². The zero-order valence-electron chi connectivity index (χ0n) is 34.2. The molecule has 0 heterocycles. The van der Waals surface area contributed by atoms with Crippen molar-refractivity contribution in [1.82, 2.24) is 21.3 Å². The lowest BCUT2D eigenvalue weighted by molar-refractivity contribution is -0.123. The molecule has 0 spiro atoms. The zero-order chi connectivity index (χ0) is 40.9. The summed E-state index contributed by atoms with van der Waals surface area (Å²) in [6.45, 7) is 2.31. The summed E-state index contributed by atoms with van der Waals surface area (Å²) in [6, 6.07) is 40.7. The lowest BCUT2D eigenvalue weighted by Crippen LogP contribution is -2.29. The highest BCUT2D eigenvalue weighted by Crippen LogP contribution is 2.25. The van der Waals surface area contributed by atoms with Crippen molar-refractivity contribution in [3.05, 3.63) is 156 Å². The summed E-state index contributed by atoms with van der Waals surface area (Å²) in [5, 5.41) is 12.0. The fourth-order valence-corrected chi connectivity index (χ4v) is 7.14. The number of hydrogen-bond acceptors (Lipinski definition) is 4. The largest absolute Gasteiger partial charge is 0.356 e. The van der Waals surface area contributed by atoms with Crippen molar-refractivity contribution in [2.75, 3.05) is 26.2 Å². The van der Waals surface area contributed by atoms with Crippen LogP contribution < -0.4 is 21.3 Å². The molecule has 0 aliphatic carbocycles. The van der Waals surface area contributed by atoms with Crippen LogP contribution in [0.1, 0.15) is 124 Å². The van der Waals surface area contributed by atoms with Crippen LogP contribution in [0.4, 0.5) is 0 Å². The second kappa shape index (κ2) is 28.0. The average molecular weight is 785 g/mol. The fraction of sp³-hybridized carbons (Fsp3) is 0.400. The van der Waals surface area contributed by atoms with Crippen molar-refractivity contribution >= 4 is 23.6 Å². The first-order valence-electron chi connectivity index (χ1n) is 21.5. The molecule has 308 valence electrons. The second-order valence-electron chi connectivity index (χ2n) is 15.0. The molecule has 0 fully saturated rings. The van der Waals surface area contributed by atoms with Crippen LogP contribution in [-0.4, -0.2) is 49.8 Å². The summed E-state index contributed by atoms with van der Waals surface area (Å²) in [5.41, 5.74) is 4.61. The normalized spacial score (nSPS) is 11.1. The van der Waals surface area contributed by atoms with Crippen molar-refractivity contribution in [2.24, 2.45) is 0 Å². The van der Waals surface area contributed by atoms with Gasteiger partial charge in [0.2, 0.25) is 23.6 Å². The zero-order valence-corrected chi connectivity index (χ0v) is 34.2. The van der Waals surface area contributed by atoms with Crippen LogP contribution in [0.15, 0.2) is 133 Å². The molecule has 4 aromatic rings. The predicted molar refractivity (Wildman–Crippen MR) is 235 cm³/mol. The molecule has 0 aliphatic heterocycles. The Balaban J connectivity index is 0.912. The summed E-state index contributed by atoms with van der Waals surface area (Å²) in [5.74, 6) is -0.303. The Bertz CT molecular complexity index is 1690. The molecule has 4 rings (SSSR count). The van der Waals surface area contributed by atoms with E-state index in [1.54, 1.807) is 0 Å². The minimum Gasteiger partial charge on any atom is -0.356 e. The minimum atomic E-state index is -0.284. The monoisotopic (exact) mass is 784 g/mol. The molecule has 0 bridgehead atoms. The summed E-state index contributed by atoms with van der Waals surface area (Å²) in [7, 11) is 0. The van der Waals surface area contributed by atoms with Crippen LogP contribution in [-0.2, 0) is 19.2 Å². The maximum atomic E-state index is 12.6. The Morgan fingerprint density at radius 2 is 0.672 bits per heavy atom. The molecule has 0 saturated carbocycles. The fourth-order valence-electron chi connectivity index (χ4n) is 7.14. The van der Waals surface area contributed by atoms with E-state index in [0.717, 1.165) is 43.2 Å². The molecule has 0 saturated heterocycles. The Hall–Kier alpha value is -5.50. The molecule has 58 heavy (non-hydrogen) atoms. The number of carbonyl (C=O) groups excluding carboxylic acids is 4. The van der Waals surface area contributed by atoms with Gasteiger partial charge in [0.1, 0.15) is 0 Å². The first-order valence-corrected chi connectivity index (χ1v) is 21.5. The van der Waals surface area contributed by atoms with Gasteiger partial charge in [0.15, 0.2) is 0 Å². The molecule has 0 aromatic heterocycles. The maximum Gasteiger partial charge on any atom is 0.244 e. The van der Waals surface area contributed by atoms with Gasteiger partial charge in [-0.1, -0.05) is 173 Å². The third-order valence-electron chi connectivity index (χ3n) is 10.5. The Labute approximate surface area is 346 Å². The maximum absolute atomic E-state index is 12.6. The molecule has 4 aromatic carbocycles. The molecule has 0 aliphatic rings. The van der Waals surface area contributed by atoms with Gasteiger partial charge in [-0.05, 0) is 47.9 Å². The summed E-state index contributed by atoms with van der Waals surface area (Å²) < 4.78 is 0. The molecule has 4 amide bonds. The Kier molecular flexibility index (Phi) is 21.8. The van der Waals surface area contributed by atoms with E-state index in [-0.39, 0.29) is 35.5 Å². The number of rotatable bonds is 28. The van der Waals surface area contributed by atoms with Gasteiger partial charge in [0, 0.05) is 63.0 Å². The number of nitrogens with one attached hydrogen (secondary N) is 4. The van der Waals surface area contributed by atoms with Crippen molar-refractivity contribution in [1.29, 1.82) is 0 Å². The van der Waals surface area contributed by atoms with Gasteiger partial charge >= 0.3 is 0 Å². The summed E-state index contributed by atoms with van der Waals surface area (Å²) >= 11 is 0. The van der Waals surface area contributed by atoms with E-state index in [1.165, 1.54) is 55.4 Å². The van der Waals surface area contributed by atoms with Crippen LogP contribution in [0.5, 0.6) is 0 Å². The van der Waals surface area contributed by atoms with Crippen molar-refractivity contribution in [3.63, 3.8) is 0 Å². The van der Waals surface area contributed by atoms with E-state index in [2.05, 4.69) is 69.8 Å². The summed E-state index contributed by atoms with van der Waals surface area (Å²) in [4.78, 5) is 49.5. The highest BCUT2D eigenvalue weighted by atomic mass is 16.2. The molecule has 8 nitrogen and oxygen atoms in total. The first-order chi connectivity index (χ1) is 28.5. The number of amides is 4. The minimum absolute atomic E-state index is 0.0274. The number of benzene rings is 4.